The van der Waals surface area contributed by atoms with Crippen LogP contribution in [0.25, 0.3) is 0 Å². The van der Waals surface area contributed by atoms with Gasteiger partial charge in [0, 0.05) is 13.1 Å². The lowest BCUT2D eigenvalue weighted by molar-refractivity contribution is -0.134. The van der Waals surface area contributed by atoms with Gasteiger partial charge in [0.25, 0.3) is 0 Å². The smallest absolute Gasteiger partial charge is 0.408 e. The first-order valence-electron chi connectivity index (χ1n) is 9.17. The molecular formula is C22H28N2O3. The highest BCUT2D eigenvalue weighted by Gasteiger charge is 2.28. The minimum absolute atomic E-state index is 0.168. The van der Waals surface area contributed by atoms with E-state index in [1.807, 2.05) is 67.6 Å². The first-order chi connectivity index (χ1) is 12.8. The molecule has 144 valence electrons. The van der Waals surface area contributed by atoms with Crippen molar-refractivity contribution in [1.29, 1.82) is 0 Å². The highest BCUT2D eigenvalue weighted by molar-refractivity contribution is 5.87. The monoisotopic (exact) mass is 368 g/mol. The highest BCUT2D eigenvalue weighted by Crippen LogP contribution is 2.19. The normalized spacial score (nSPS) is 12.1. The molecule has 0 fully saturated rings. The molecule has 1 unspecified atom stereocenters. The second kappa shape index (κ2) is 9.21. The van der Waals surface area contributed by atoms with E-state index in [9.17, 15) is 9.59 Å². The zero-order chi connectivity index (χ0) is 19.9. The van der Waals surface area contributed by atoms with E-state index in [-0.39, 0.29) is 5.91 Å². The van der Waals surface area contributed by atoms with Crippen molar-refractivity contribution in [3.8, 4) is 0 Å². The summed E-state index contributed by atoms with van der Waals surface area (Å²) < 4.78 is 5.35. The van der Waals surface area contributed by atoms with Crippen LogP contribution in [-0.4, -0.2) is 29.0 Å². The molecule has 0 heterocycles. The van der Waals surface area contributed by atoms with Gasteiger partial charge in [-0.25, -0.2) is 4.79 Å². The summed E-state index contributed by atoms with van der Waals surface area (Å²) in [4.78, 5) is 27.3. The number of carbonyl (C=O) groups is 2. The average molecular weight is 368 g/mol. The van der Waals surface area contributed by atoms with Gasteiger partial charge in [0.2, 0.25) is 5.91 Å². The fraction of sp³-hybridized carbons (Fsp3) is 0.364. The molecule has 0 saturated carbocycles. The maximum absolute atomic E-state index is 13.2. The second-order valence-electron chi connectivity index (χ2n) is 7.33. The van der Waals surface area contributed by atoms with Gasteiger partial charge in [-0.2, -0.15) is 0 Å². The Bertz CT molecular complexity index is 739. The first-order valence-corrected chi connectivity index (χ1v) is 9.17. The largest absolute Gasteiger partial charge is 0.444 e. The number of alkyl carbamates (subject to hydrolysis) is 1. The Morgan fingerprint density at radius 2 is 1.56 bits per heavy atom. The molecule has 0 bridgehead atoms. The zero-order valence-corrected chi connectivity index (χ0v) is 16.4. The Labute approximate surface area is 161 Å². The number of nitrogens with zero attached hydrogens (tertiary/aromatic N) is 1. The van der Waals surface area contributed by atoms with E-state index in [4.69, 9.17) is 4.74 Å². The van der Waals surface area contributed by atoms with Crippen molar-refractivity contribution in [2.45, 2.75) is 45.9 Å². The van der Waals surface area contributed by atoms with Crippen molar-refractivity contribution in [1.82, 2.24) is 10.2 Å². The number of rotatable bonds is 6. The van der Waals surface area contributed by atoms with Crippen molar-refractivity contribution >= 4 is 12.0 Å². The fourth-order valence-corrected chi connectivity index (χ4v) is 2.69. The standard InChI is InChI=1S/C22H28N2O3/c1-5-24(16-17-12-8-6-9-13-17)20(25)19(18-14-10-7-11-15-18)23-21(26)27-22(2,3)4/h6-15,19H,5,16H2,1-4H3,(H,23,26). The Morgan fingerprint density at radius 3 is 2.07 bits per heavy atom. The second-order valence-corrected chi connectivity index (χ2v) is 7.33. The SMILES string of the molecule is CCN(Cc1ccccc1)C(=O)C(NC(=O)OC(C)(C)C)c1ccccc1. The third-order valence-electron chi connectivity index (χ3n) is 3.95. The van der Waals surface area contributed by atoms with E-state index in [2.05, 4.69) is 5.32 Å². The van der Waals surface area contributed by atoms with Crippen molar-refractivity contribution in [3.63, 3.8) is 0 Å². The highest BCUT2D eigenvalue weighted by atomic mass is 16.6. The summed E-state index contributed by atoms with van der Waals surface area (Å²) in [6.07, 6.45) is -0.611. The summed E-state index contributed by atoms with van der Waals surface area (Å²) in [5.41, 5.74) is 1.12. The van der Waals surface area contributed by atoms with Gasteiger partial charge < -0.3 is 15.0 Å². The van der Waals surface area contributed by atoms with Gasteiger partial charge in [-0.15, -0.1) is 0 Å². The Hall–Kier alpha value is -2.82. The molecule has 0 spiro atoms. The van der Waals surface area contributed by atoms with E-state index in [0.29, 0.717) is 13.1 Å². The molecule has 2 rings (SSSR count). The number of amides is 2. The first kappa shape index (κ1) is 20.5. The molecule has 0 aliphatic heterocycles. The molecule has 2 aromatic rings. The number of likely N-dealkylation sites (N-methyl/N-ethyl adjacent to an activating group) is 1. The molecule has 2 aromatic carbocycles. The van der Waals surface area contributed by atoms with Crippen LogP contribution in [0.1, 0.15) is 44.9 Å². The van der Waals surface area contributed by atoms with Crippen molar-refractivity contribution < 1.29 is 14.3 Å². The van der Waals surface area contributed by atoms with Gasteiger partial charge in [-0.3, -0.25) is 4.79 Å². The Kier molecular flexibility index (Phi) is 6.99. The molecule has 0 radical (unpaired) electrons. The molecule has 0 aliphatic rings. The number of nitrogens with one attached hydrogen (secondary N) is 1. The maximum Gasteiger partial charge on any atom is 0.408 e. The van der Waals surface area contributed by atoms with E-state index in [1.165, 1.54) is 0 Å². The number of hydrogen-bond donors (Lipinski definition) is 1. The number of carbonyl (C=O) groups excluding carboxylic acids is 2. The summed E-state index contributed by atoms with van der Waals surface area (Å²) in [6.45, 7) is 8.32. The van der Waals surface area contributed by atoms with Crippen molar-refractivity contribution in [3.05, 3.63) is 71.8 Å². The zero-order valence-electron chi connectivity index (χ0n) is 16.4. The molecule has 5 heteroatoms. The molecule has 0 aromatic heterocycles. The van der Waals surface area contributed by atoms with Crippen molar-refractivity contribution in [2.75, 3.05) is 6.54 Å². The van der Waals surface area contributed by atoms with E-state index in [0.717, 1.165) is 11.1 Å². The molecule has 2 amide bonds. The molecular weight excluding hydrogens is 340 g/mol. The van der Waals surface area contributed by atoms with Crippen LogP contribution in [0.15, 0.2) is 60.7 Å². The minimum Gasteiger partial charge on any atom is -0.444 e. The van der Waals surface area contributed by atoms with Crippen molar-refractivity contribution in [2.24, 2.45) is 0 Å². The maximum atomic E-state index is 13.2. The van der Waals surface area contributed by atoms with E-state index in [1.54, 1.807) is 25.7 Å². The number of benzene rings is 2. The summed E-state index contributed by atoms with van der Waals surface area (Å²) in [5.74, 6) is -0.168. The Balaban J connectivity index is 2.23. The number of ether oxygens (including phenoxy) is 1. The fourth-order valence-electron chi connectivity index (χ4n) is 2.69. The lowest BCUT2D eigenvalue weighted by atomic mass is 10.1. The van der Waals surface area contributed by atoms with E-state index < -0.39 is 17.7 Å². The molecule has 0 saturated heterocycles. The van der Waals surface area contributed by atoms with Crippen LogP contribution in [-0.2, 0) is 16.1 Å². The van der Waals surface area contributed by atoms with Gasteiger partial charge >= 0.3 is 6.09 Å². The molecule has 1 N–H and O–H groups in total. The van der Waals surface area contributed by atoms with Gasteiger partial charge in [0.15, 0.2) is 0 Å². The van der Waals surface area contributed by atoms with Gasteiger partial charge in [-0.1, -0.05) is 60.7 Å². The van der Waals surface area contributed by atoms with Crippen LogP contribution in [0.3, 0.4) is 0 Å². The van der Waals surface area contributed by atoms with Gasteiger partial charge in [-0.05, 0) is 38.8 Å². The molecule has 27 heavy (non-hydrogen) atoms. The van der Waals surface area contributed by atoms with Crippen LogP contribution in [0.2, 0.25) is 0 Å². The van der Waals surface area contributed by atoms with Crippen LogP contribution < -0.4 is 5.32 Å². The summed E-state index contributed by atoms with van der Waals surface area (Å²) in [5, 5.41) is 2.74. The van der Waals surface area contributed by atoms with E-state index >= 15 is 0 Å². The molecule has 0 aliphatic carbocycles. The molecule has 1 atom stereocenters. The summed E-state index contributed by atoms with van der Waals surface area (Å²) >= 11 is 0. The summed E-state index contributed by atoms with van der Waals surface area (Å²) in [7, 11) is 0. The Morgan fingerprint density at radius 1 is 1.00 bits per heavy atom. The predicted molar refractivity (Wildman–Crippen MR) is 106 cm³/mol. The lowest BCUT2D eigenvalue weighted by Crippen LogP contribution is -2.44. The predicted octanol–water partition coefficient (Wildman–Crippen LogP) is 4.30. The van der Waals surface area contributed by atoms with Crippen LogP contribution >= 0.6 is 0 Å². The van der Waals surface area contributed by atoms with Gasteiger partial charge in [0.05, 0.1) is 0 Å². The third-order valence-corrected chi connectivity index (χ3v) is 3.95. The van der Waals surface area contributed by atoms with Gasteiger partial charge in [0.1, 0.15) is 11.6 Å². The van der Waals surface area contributed by atoms with Crippen LogP contribution in [0.4, 0.5) is 4.79 Å². The quantitative estimate of drug-likeness (QED) is 0.827. The van der Waals surface area contributed by atoms with Crippen LogP contribution in [0, 0.1) is 0 Å². The van der Waals surface area contributed by atoms with Crippen LogP contribution in [0.5, 0.6) is 0 Å². The summed E-state index contributed by atoms with van der Waals surface area (Å²) in [6, 6.07) is 18.2. The lowest BCUT2D eigenvalue weighted by Gasteiger charge is -2.28. The third kappa shape index (κ3) is 6.44. The minimum atomic E-state index is -0.801. The molecule has 5 nitrogen and oxygen atoms in total. The number of hydrogen-bond acceptors (Lipinski definition) is 3. The topological polar surface area (TPSA) is 58.6 Å². The average Bonchev–Trinajstić information content (AvgIpc) is 2.64.